The molecule has 0 fully saturated rings. The van der Waals surface area contributed by atoms with Crippen LogP contribution in [0.2, 0.25) is 0 Å². The van der Waals surface area contributed by atoms with Crippen LogP contribution in [0.15, 0.2) is 96.6 Å². The molecule has 4 rings (SSSR count). The molecule has 0 bridgehead atoms. The van der Waals surface area contributed by atoms with Gasteiger partial charge in [0.2, 0.25) is 0 Å². The molecule has 30 heavy (non-hydrogen) atoms. The molecule has 0 radical (unpaired) electrons. The van der Waals surface area contributed by atoms with Gasteiger partial charge in [-0.3, -0.25) is 4.79 Å². The molecule has 1 aliphatic rings. The van der Waals surface area contributed by atoms with Crippen LogP contribution < -0.4 is 16.0 Å². The van der Waals surface area contributed by atoms with E-state index in [-0.39, 0.29) is 11.9 Å². The fourth-order valence-electron chi connectivity index (χ4n) is 3.62. The van der Waals surface area contributed by atoms with Gasteiger partial charge < -0.3 is 16.0 Å². The maximum Gasteiger partial charge on any atom is 0.255 e. The lowest BCUT2D eigenvalue weighted by molar-refractivity contribution is -0.113. The van der Waals surface area contributed by atoms with Crippen molar-refractivity contribution in [2.45, 2.75) is 18.9 Å². The summed E-state index contributed by atoms with van der Waals surface area (Å²) >= 11 is 5.47. The first-order valence-electron chi connectivity index (χ1n) is 9.98. The standard InChI is InChI=1S/C25H23N3OS/c29-24(26-20-14-8-3-9-15-20)22-21(17-16-18-10-4-1-5-11-18)27-25(30)28-23(22)19-12-6-2-7-13-19/h1-15,21H,16-17H2,(H,26,29)(H2,27,28,30). The molecule has 1 unspecified atom stereocenters. The molecule has 0 saturated heterocycles. The Morgan fingerprint density at radius 2 is 1.47 bits per heavy atom. The quantitative estimate of drug-likeness (QED) is 0.520. The van der Waals surface area contributed by atoms with Crippen LogP contribution in [0.25, 0.3) is 5.70 Å². The van der Waals surface area contributed by atoms with Gasteiger partial charge in [0.1, 0.15) is 0 Å². The lowest BCUT2D eigenvalue weighted by atomic mass is 9.92. The molecule has 1 atom stereocenters. The minimum Gasteiger partial charge on any atom is -0.355 e. The second-order valence-corrected chi connectivity index (χ2v) is 7.56. The van der Waals surface area contributed by atoms with Crippen molar-refractivity contribution in [1.29, 1.82) is 0 Å². The molecule has 0 spiro atoms. The Labute approximate surface area is 182 Å². The highest BCUT2D eigenvalue weighted by molar-refractivity contribution is 7.80. The summed E-state index contributed by atoms with van der Waals surface area (Å²) in [5.41, 5.74) is 4.34. The summed E-state index contributed by atoms with van der Waals surface area (Å²) in [6.07, 6.45) is 1.59. The van der Waals surface area contributed by atoms with E-state index in [0.29, 0.717) is 10.7 Å². The first-order chi connectivity index (χ1) is 14.7. The largest absolute Gasteiger partial charge is 0.355 e. The molecule has 0 saturated carbocycles. The molecule has 5 heteroatoms. The van der Waals surface area contributed by atoms with E-state index >= 15 is 0 Å². The Bertz CT molecular complexity index is 1050. The number of thiocarbonyl (C=S) groups is 1. The third-order valence-electron chi connectivity index (χ3n) is 5.06. The third-order valence-corrected chi connectivity index (χ3v) is 5.28. The van der Waals surface area contributed by atoms with Crippen LogP contribution in [-0.2, 0) is 11.2 Å². The van der Waals surface area contributed by atoms with Crippen LogP contribution in [0.1, 0.15) is 17.5 Å². The fourth-order valence-corrected chi connectivity index (χ4v) is 3.86. The summed E-state index contributed by atoms with van der Waals surface area (Å²) in [6, 6.07) is 29.4. The van der Waals surface area contributed by atoms with E-state index in [1.165, 1.54) is 5.56 Å². The molecule has 1 heterocycles. The van der Waals surface area contributed by atoms with E-state index in [2.05, 4.69) is 28.1 Å². The van der Waals surface area contributed by atoms with Gasteiger partial charge in [0.15, 0.2) is 5.11 Å². The number of anilines is 1. The molecule has 3 aromatic carbocycles. The average Bonchev–Trinajstić information content (AvgIpc) is 2.79. The van der Waals surface area contributed by atoms with Crippen LogP contribution in [0.4, 0.5) is 5.69 Å². The zero-order valence-corrected chi connectivity index (χ0v) is 17.3. The van der Waals surface area contributed by atoms with Gasteiger partial charge in [0.25, 0.3) is 5.91 Å². The number of para-hydroxylation sites is 1. The first-order valence-corrected chi connectivity index (χ1v) is 10.4. The zero-order valence-electron chi connectivity index (χ0n) is 16.5. The van der Waals surface area contributed by atoms with Crippen molar-refractivity contribution in [3.8, 4) is 0 Å². The fraction of sp³-hybridized carbons (Fsp3) is 0.120. The summed E-state index contributed by atoms with van der Waals surface area (Å²) < 4.78 is 0. The monoisotopic (exact) mass is 413 g/mol. The summed E-state index contributed by atoms with van der Waals surface area (Å²) in [6.45, 7) is 0. The molecule has 1 amide bonds. The van der Waals surface area contributed by atoms with E-state index in [9.17, 15) is 4.79 Å². The van der Waals surface area contributed by atoms with E-state index < -0.39 is 0 Å². The predicted octanol–water partition coefficient (Wildman–Crippen LogP) is 4.52. The van der Waals surface area contributed by atoms with Gasteiger partial charge in [-0.1, -0.05) is 78.9 Å². The Hall–Kier alpha value is -3.44. The van der Waals surface area contributed by atoms with E-state index in [1.807, 2.05) is 78.9 Å². The molecule has 3 N–H and O–H groups in total. The summed E-state index contributed by atoms with van der Waals surface area (Å²) in [7, 11) is 0. The Kier molecular flexibility index (Phi) is 6.20. The maximum atomic E-state index is 13.4. The van der Waals surface area contributed by atoms with Crippen molar-refractivity contribution >= 4 is 34.6 Å². The highest BCUT2D eigenvalue weighted by Crippen LogP contribution is 2.26. The van der Waals surface area contributed by atoms with Gasteiger partial charge in [0.05, 0.1) is 17.3 Å². The van der Waals surface area contributed by atoms with Crippen molar-refractivity contribution in [1.82, 2.24) is 10.6 Å². The van der Waals surface area contributed by atoms with Crippen molar-refractivity contribution < 1.29 is 4.79 Å². The van der Waals surface area contributed by atoms with E-state index in [4.69, 9.17) is 12.2 Å². The SMILES string of the molecule is O=C(Nc1ccccc1)C1=C(c2ccccc2)NC(=S)NC1CCc1ccccc1. The summed E-state index contributed by atoms with van der Waals surface area (Å²) in [5, 5.41) is 10.1. The number of hydrogen-bond acceptors (Lipinski definition) is 2. The van der Waals surface area contributed by atoms with E-state index in [1.54, 1.807) is 0 Å². The van der Waals surface area contributed by atoms with Gasteiger partial charge in [0, 0.05) is 5.69 Å². The normalized spacial score (nSPS) is 15.9. The first kappa shape index (κ1) is 19.9. The van der Waals surface area contributed by atoms with Gasteiger partial charge in [-0.2, -0.15) is 0 Å². The molecular weight excluding hydrogens is 390 g/mol. The minimum absolute atomic E-state index is 0.138. The molecular formula is C25H23N3OS. The lowest BCUT2D eigenvalue weighted by Gasteiger charge is -2.31. The lowest BCUT2D eigenvalue weighted by Crippen LogP contribution is -2.50. The molecule has 1 aliphatic heterocycles. The molecule has 150 valence electrons. The van der Waals surface area contributed by atoms with Crippen molar-refractivity contribution in [2.24, 2.45) is 0 Å². The number of benzene rings is 3. The summed E-state index contributed by atoms with van der Waals surface area (Å²) in [5.74, 6) is -0.138. The third kappa shape index (κ3) is 4.75. The van der Waals surface area contributed by atoms with Crippen LogP contribution in [0.3, 0.4) is 0 Å². The number of hydrogen-bond donors (Lipinski definition) is 3. The number of amides is 1. The molecule has 0 aromatic heterocycles. The van der Waals surface area contributed by atoms with E-state index in [0.717, 1.165) is 29.8 Å². The smallest absolute Gasteiger partial charge is 0.255 e. The van der Waals surface area contributed by atoms with Crippen LogP contribution >= 0.6 is 12.2 Å². The van der Waals surface area contributed by atoms with Crippen molar-refractivity contribution in [3.63, 3.8) is 0 Å². The van der Waals surface area contributed by atoms with Crippen molar-refractivity contribution in [2.75, 3.05) is 5.32 Å². The van der Waals surface area contributed by atoms with Crippen LogP contribution in [-0.4, -0.2) is 17.1 Å². The second-order valence-electron chi connectivity index (χ2n) is 7.15. The van der Waals surface area contributed by atoms with Crippen LogP contribution in [0.5, 0.6) is 0 Å². The Morgan fingerprint density at radius 1 is 0.867 bits per heavy atom. The predicted molar refractivity (Wildman–Crippen MR) is 126 cm³/mol. The highest BCUT2D eigenvalue weighted by Gasteiger charge is 2.30. The van der Waals surface area contributed by atoms with Crippen LogP contribution in [0, 0.1) is 0 Å². The number of carbonyl (C=O) groups is 1. The Balaban J connectivity index is 1.69. The average molecular weight is 414 g/mol. The summed E-state index contributed by atoms with van der Waals surface area (Å²) in [4.78, 5) is 13.4. The van der Waals surface area contributed by atoms with Gasteiger partial charge in [-0.15, -0.1) is 0 Å². The number of nitrogens with one attached hydrogen (secondary N) is 3. The minimum atomic E-state index is -0.196. The number of rotatable bonds is 6. The Morgan fingerprint density at radius 3 is 2.13 bits per heavy atom. The highest BCUT2D eigenvalue weighted by atomic mass is 32.1. The molecule has 0 aliphatic carbocycles. The van der Waals surface area contributed by atoms with Gasteiger partial charge in [-0.25, -0.2) is 0 Å². The van der Waals surface area contributed by atoms with Crippen molar-refractivity contribution in [3.05, 3.63) is 108 Å². The van der Waals surface area contributed by atoms with Gasteiger partial charge >= 0.3 is 0 Å². The molecule has 3 aromatic rings. The zero-order chi connectivity index (χ0) is 20.8. The van der Waals surface area contributed by atoms with Gasteiger partial charge in [-0.05, 0) is 48.3 Å². The topological polar surface area (TPSA) is 53.2 Å². The maximum absolute atomic E-state index is 13.4. The number of aryl methyl sites for hydroxylation is 1. The molecule has 4 nitrogen and oxygen atoms in total. The second kappa shape index (κ2) is 9.37. The number of carbonyl (C=O) groups excluding carboxylic acids is 1.